The number of hydrogen-bond acceptors (Lipinski definition) is 8. The minimum Gasteiger partial charge on any atom is -0.388 e. The number of imidazole rings is 1. The van der Waals surface area contributed by atoms with Crippen LogP contribution in [-0.4, -0.2) is 48.8 Å². The highest BCUT2D eigenvalue weighted by atomic mass is 35.5. The van der Waals surface area contributed by atoms with E-state index in [2.05, 4.69) is 30.8 Å². The van der Waals surface area contributed by atoms with Crippen molar-refractivity contribution in [3.8, 4) is 11.3 Å². The average molecular weight is 645 g/mol. The topological polar surface area (TPSA) is 193 Å². The van der Waals surface area contributed by atoms with Crippen molar-refractivity contribution >= 4 is 70.9 Å². The molecule has 1 aliphatic rings. The first-order valence-electron chi connectivity index (χ1n) is 13.6. The number of hydrazine groups is 1. The van der Waals surface area contributed by atoms with Crippen LogP contribution in [-0.2, 0) is 19.1 Å². The number of nitrogens with two attached hydrogens (primary N) is 2. The van der Waals surface area contributed by atoms with Crippen LogP contribution >= 0.6 is 23.2 Å². The van der Waals surface area contributed by atoms with E-state index < -0.39 is 6.04 Å². The first kappa shape index (κ1) is 34.1. The molecule has 44 heavy (non-hydrogen) atoms. The van der Waals surface area contributed by atoms with Crippen LogP contribution in [0.3, 0.4) is 0 Å². The Morgan fingerprint density at radius 1 is 1.18 bits per heavy atom. The Morgan fingerprint density at radius 3 is 2.68 bits per heavy atom. The molecule has 4 rings (SSSR count). The smallest absolute Gasteiger partial charge is 0.244 e. The molecule has 0 saturated carbocycles. The number of hydrazone groups is 1. The second kappa shape index (κ2) is 17.0. The van der Waals surface area contributed by atoms with Crippen molar-refractivity contribution in [2.24, 2.45) is 16.8 Å². The Hall–Kier alpha value is -4.43. The van der Waals surface area contributed by atoms with Crippen molar-refractivity contribution in [1.82, 2.24) is 15.3 Å². The predicted octanol–water partition coefficient (Wildman–Crippen LogP) is 4.57. The van der Waals surface area contributed by atoms with Gasteiger partial charge in [0.1, 0.15) is 23.0 Å². The third-order valence-corrected chi connectivity index (χ3v) is 6.88. The average Bonchev–Trinajstić information content (AvgIpc) is 3.37. The third kappa shape index (κ3) is 9.54. The van der Waals surface area contributed by atoms with E-state index in [0.717, 1.165) is 12.8 Å². The Balaban J connectivity index is 0.00000169. The van der Waals surface area contributed by atoms with E-state index in [1.165, 1.54) is 17.4 Å². The van der Waals surface area contributed by atoms with E-state index in [1.807, 2.05) is 0 Å². The second-order valence-corrected chi connectivity index (χ2v) is 10.4. The molecule has 3 amide bonds. The van der Waals surface area contributed by atoms with Gasteiger partial charge in [-0.15, -0.1) is 0 Å². The molecular formula is C29H35Cl2N9O4. The molecule has 1 aliphatic heterocycles. The van der Waals surface area contributed by atoms with Gasteiger partial charge in [0.05, 0.1) is 17.4 Å². The summed E-state index contributed by atoms with van der Waals surface area (Å²) >= 11 is 12.7. The van der Waals surface area contributed by atoms with Crippen LogP contribution in [0.2, 0.25) is 10.2 Å². The number of H-pyrrole nitrogens is 1. The summed E-state index contributed by atoms with van der Waals surface area (Å²) in [4.78, 5) is 44.4. The summed E-state index contributed by atoms with van der Waals surface area (Å²) in [6.07, 6.45) is 7.77. The lowest BCUT2D eigenvalue weighted by atomic mass is 10.1. The van der Waals surface area contributed by atoms with Gasteiger partial charge in [-0.3, -0.25) is 19.4 Å². The van der Waals surface area contributed by atoms with Crippen LogP contribution in [0.5, 0.6) is 0 Å². The number of carbonyl (C=O) groups excluding carboxylic acids is 3. The molecule has 1 aromatic heterocycles. The first-order valence-corrected chi connectivity index (χ1v) is 14.3. The number of hydrogen-bond donors (Lipinski definition) is 6. The lowest BCUT2D eigenvalue weighted by Gasteiger charge is -2.16. The fourth-order valence-electron chi connectivity index (χ4n) is 4.44. The highest BCUT2D eigenvalue weighted by Gasteiger charge is 2.23. The number of fused-ring (bicyclic) bond motifs is 4. The van der Waals surface area contributed by atoms with Crippen molar-refractivity contribution < 1.29 is 19.1 Å². The van der Waals surface area contributed by atoms with Crippen LogP contribution in [0.4, 0.5) is 17.1 Å². The van der Waals surface area contributed by atoms with Crippen molar-refractivity contribution in [3.63, 3.8) is 0 Å². The highest BCUT2D eigenvalue weighted by molar-refractivity contribution is 6.32. The van der Waals surface area contributed by atoms with Gasteiger partial charge in [0.25, 0.3) is 0 Å². The highest BCUT2D eigenvalue weighted by Crippen LogP contribution is 2.36. The Labute approximate surface area is 265 Å². The van der Waals surface area contributed by atoms with Gasteiger partial charge in [0.2, 0.25) is 18.2 Å². The van der Waals surface area contributed by atoms with Crippen molar-refractivity contribution in [2.75, 3.05) is 29.9 Å². The van der Waals surface area contributed by atoms with Crippen molar-refractivity contribution in [1.29, 1.82) is 0 Å². The number of methoxy groups -OCH3 is 1. The number of benzene rings is 2. The molecule has 3 aromatic rings. The second-order valence-electron chi connectivity index (χ2n) is 9.63. The summed E-state index contributed by atoms with van der Waals surface area (Å²) in [6, 6.07) is 9.54. The van der Waals surface area contributed by atoms with E-state index >= 15 is 0 Å². The molecule has 2 bridgehead atoms. The molecule has 234 valence electrons. The van der Waals surface area contributed by atoms with E-state index in [9.17, 15) is 14.4 Å². The summed E-state index contributed by atoms with van der Waals surface area (Å²) in [5.74, 6) is 11.1. The number of aromatic nitrogens is 2. The van der Waals surface area contributed by atoms with Crippen LogP contribution in [0.1, 0.15) is 49.5 Å². The standard InChI is InChI=1S/C27H29Cl2N9O3.C2H6O/c28-17-7-10-22(38(31)14-33-30)16(12-17)6-11-24(41)34-20-4-2-1-3-5-23(40)35-21-13-18(32-15-39)8-9-19(21)25-26(29)37-27(20)36-25;1-3-2/h6-15,20H,1-5,30-31H2,(H,32,39)(H,34,41)(H,35,40)(H,36,37);1-2H3/b11-6+,33-14-;/t20-;/m0./s1. The maximum absolute atomic E-state index is 13.1. The number of ether oxygens (including phenoxy) is 1. The summed E-state index contributed by atoms with van der Waals surface area (Å²) < 4.78 is 4.25. The quantitative estimate of drug-likeness (QED) is 0.0538. The largest absolute Gasteiger partial charge is 0.388 e. The SMILES string of the molecule is COC.N/N=C\N(N)c1ccc(Cl)cc1/C=C/C(=O)N[C@H]1CCCCCC(=O)Nc2cc(NC=O)ccc2-c2nc1[nH]c2Cl. The lowest BCUT2D eigenvalue weighted by molar-refractivity contribution is -0.117. The molecule has 2 aromatic carbocycles. The molecule has 2 heterocycles. The number of rotatable bonds is 7. The van der Waals surface area contributed by atoms with Crippen LogP contribution in [0, 0.1) is 0 Å². The zero-order chi connectivity index (χ0) is 32.1. The zero-order valence-corrected chi connectivity index (χ0v) is 25.8. The molecule has 13 nitrogen and oxygen atoms in total. The van der Waals surface area contributed by atoms with Gasteiger partial charge < -0.3 is 31.5 Å². The normalized spacial score (nSPS) is 15.1. The van der Waals surface area contributed by atoms with Gasteiger partial charge in [0.15, 0.2) is 0 Å². The summed E-state index contributed by atoms with van der Waals surface area (Å²) in [7, 11) is 3.25. The molecule has 1 atom stereocenters. The van der Waals surface area contributed by atoms with E-state index in [0.29, 0.717) is 70.4 Å². The molecule has 0 radical (unpaired) electrons. The van der Waals surface area contributed by atoms with Crippen LogP contribution in [0.15, 0.2) is 47.6 Å². The molecule has 0 aliphatic carbocycles. The molecular weight excluding hydrogens is 609 g/mol. The van der Waals surface area contributed by atoms with Gasteiger partial charge in [-0.1, -0.05) is 36.0 Å². The molecule has 8 N–H and O–H groups in total. The number of aromatic amines is 1. The molecule has 0 spiro atoms. The summed E-state index contributed by atoms with van der Waals surface area (Å²) in [5, 5.41) is 13.8. The zero-order valence-electron chi connectivity index (χ0n) is 24.3. The molecule has 0 fully saturated rings. The van der Waals surface area contributed by atoms with E-state index in [4.69, 9.17) is 39.9 Å². The summed E-state index contributed by atoms with van der Waals surface area (Å²) in [5.41, 5.74) is 3.03. The number of carbonyl (C=O) groups is 3. The minimum absolute atomic E-state index is 0.162. The predicted molar refractivity (Wildman–Crippen MR) is 174 cm³/mol. The Morgan fingerprint density at radius 2 is 1.95 bits per heavy atom. The Bertz CT molecular complexity index is 1510. The molecule has 15 heteroatoms. The number of halogens is 2. The minimum atomic E-state index is -0.489. The number of nitrogens with zero attached hydrogens (tertiary/aromatic N) is 3. The van der Waals surface area contributed by atoms with Crippen molar-refractivity contribution in [3.05, 3.63) is 64.0 Å². The summed E-state index contributed by atoms with van der Waals surface area (Å²) in [6.45, 7) is 0. The van der Waals surface area contributed by atoms with Crippen LogP contribution < -0.4 is 32.6 Å². The molecule has 0 unspecified atom stereocenters. The van der Waals surface area contributed by atoms with Gasteiger partial charge in [0, 0.05) is 48.6 Å². The first-order chi connectivity index (χ1) is 21.2. The maximum atomic E-state index is 13.1. The number of anilines is 3. The van der Waals surface area contributed by atoms with E-state index in [-0.39, 0.29) is 17.0 Å². The van der Waals surface area contributed by atoms with E-state index in [1.54, 1.807) is 56.7 Å². The Kier molecular flexibility index (Phi) is 13.2. The molecule has 0 saturated heterocycles. The fraction of sp³-hybridized carbons (Fsp3) is 0.276. The monoisotopic (exact) mass is 643 g/mol. The van der Waals surface area contributed by atoms with Crippen LogP contribution in [0.25, 0.3) is 17.3 Å². The van der Waals surface area contributed by atoms with Gasteiger partial charge in [-0.2, -0.15) is 5.10 Å². The fourth-order valence-corrected chi connectivity index (χ4v) is 4.86. The maximum Gasteiger partial charge on any atom is 0.244 e. The van der Waals surface area contributed by atoms with Gasteiger partial charge in [-0.25, -0.2) is 10.8 Å². The number of amides is 3. The number of nitrogens with one attached hydrogen (secondary N) is 4. The lowest BCUT2D eigenvalue weighted by Crippen LogP contribution is -2.30. The third-order valence-electron chi connectivity index (χ3n) is 6.37. The van der Waals surface area contributed by atoms with Crippen molar-refractivity contribution in [2.45, 2.75) is 38.1 Å². The van der Waals surface area contributed by atoms with Gasteiger partial charge in [-0.05, 0) is 55.3 Å². The van der Waals surface area contributed by atoms with Gasteiger partial charge >= 0.3 is 0 Å².